The van der Waals surface area contributed by atoms with Crippen LogP contribution in [0, 0.1) is 70.0 Å². The summed E-state index contributed by atoms with van der Waals surface area (Å²) in [5, 5.41) is 19.4. The molecular formula is C54H68N2O12. The largest absolute Gasteiger partial charge is 0.465 e. The Balaban J connectivity index is 0.933. The Hall–Kier alpha value is -5.76. The molecule has 0 N–H and O–H groups in total. The van der Waals surface area contributed by atoms with Crippen LogP contribution in [0.4, 0.5) is 0 Å². The van der Waals surface area contributed by atoms with E-state index in [9.17, 15) is 39.3 Å². The molecule has 6 rings (SSSR count). The van der Waals surface area contributed by atoms with E-state index in [0.717, 1.165) is 89.2 Å². The topological polar surface area (TPSA) is 205 Å². The average molecular weight is 937 g/mol. The van der Waals surface area contributed by atoms with Crippen molar-refractivity contribution in [3.05, 3.63) is 59.7 Å². The van der Waals surface area contributed by atoms with Gasteiger partial charge in [0.2, 0.25) is 0 Å². The Morgan fingerprint density at radius 2 is 0.765 bits per heavy atom. The van der Waals surface area contributed by atoms with Crippen molar-refractivity contribution in [3.8, 4) is 23.6 Å². The predicted octanol–water partition coefficient (Wildman–Crippen LogP) is 9.27. The molecule has 14 nitrogen and oxygen atoms in total. The van der Waals surface area contributed by atoms with Crippen LogP contribution in [0.5, 0.6) is 11.5 Å². The molecule has 0 bridgehead atoms. The van der Waals surface area contributed by atoms with Crippen molar-refractivity contribution in [2.75, 3.05) is 26.4 Å². The van der Waals surface area contributed by atoms with Gasteiger partial charge in [-0.05, 0) is 170 Å². The maximum Gasteiger partial charge on any atom is 0.330 e. The highest BCUT2D eigenvalue weighted by Crippen LogP contribution is 2.46. The zero-order valence-corrected chi connectivity index (χ0v) is 39.5. The van der Waals surface area contributed by atoms with Crippen LogP contribution in [0.25, 0.3) is 0 Å². The van der Waals surface area contributed by atoms with E-state index >= 15 is 0 Å². The van der Waals surface area contributed by atoms with E-state index in [1.807, 2.05) is 12.1 Å². The molecule has 0 aromatic heterocycles. The van der Waals surface area contributed by atoms with Gasteiger partial charge in [-0.3, -0.25) is 19.2 Å². The number of ether oxygens (including phenoxy) is 6. The first-order chi connectivity index (χ1) is 33.0. The minimum absolute atomic E-state index is 0.00523. The lowest BCUT2D eigenvalue weighted by Crippen LogP contribution is -2.32. The van der Waals surface area contributed by atoms with Crippen molar-refractivity contribution >= 4 is 35.8 Å². The monoisotopic (exact) mass is 936 g/mol. The molecule has 14 heteroatoms. The summed E-state index contributed by atoms with van der Waals surface area (Å²) in [6.07, 6.45) is 18.7. The molecule has 0 heterocycles. The Morgan fingerprint density at radius 3 is 1.06 bits per heavy atom. The summed E-state index contributed by atoms with van der Waals surface area (Å²) in [4.78, 5) is 75.1. The number of esters is 6. The fourth-order valence-electron chi connectivity index (χ4n) is 11.2. The molecule has 1 aromatic rings. The summed E-state index contributed by atoms with van der Waals surface area (Å²) in [5.41, 5.74) is 1.93. The molecule has 0 radical (unpaired) electrons. The van der Waals surface area contributed by atoms with Gasteiger partial charge in [0.25, 0.3) is 0 Å². The van der Waals surface area contributed by atoms with Gasteiger partial charge in [-0.2, -0.15) is 10.5 Å². The molecular weight excluding hydrogens is 869 g/mol. The van der Waals surface area contributed by atoms with E-state index < -0.39 is 11.9 Å². The number of hydrogen-bond donors (Lipinski definition) is 0. The number of carbonyl (C=O) groups is 6. The minimum atomic E-state index is -0.460. The van der Waals surface area contributed by atoms with Crippen LogP contribution in [0.1, 0.15) is 140 Å². The lowest BCUT2D eigenvalue weighted by Gasteiger charge is -2.37. The van der Waals surface area contributed by atoms with E-state index in [2.05, 4.69) is 13.2 Å². The number of nitrogens with zero attached hydrogens (tertiary/aromatic N) is 2. The molecule has 0 unspecified atom stereocenters. The summed E-state index contributed by atoms with van der Waals surface area (Å²) < 4.78 is 33.1. The second-order valence-electron chi connectivity index (χ2n) is 19.4. The van der Waals surface area contributed by atoms with Gasteiger partial charge in [0.1, 0.15) is 29.2 Å². The molecule has 4 fully saturated rings. The van der Waals surface area contributed by atoms with E-state index in [1.165, 1.54) is 0 Å². The number of fused-ring (bicyclic) bond motifs is 1. The first kappa shape index (κ1) is 51.6. The van der Waals surface area contributed by atoms with Gasteiger partial charge in [0.15, 0.2) is 0 Å². The van der Waals surface area contributed by atoms with Crippen LogP contribution in [0.2, 0.25) is 0 Å². The van der Waals surface area contributed by atoms with Crippen molar-refractivity contribution in [2.45, 2.75) is 141 Å². The number of hydrogen-bond acceptors (Lipinski definition) is 14. The van der Waals surface area contributed by atoms with Gasteiger partial charge in [-0.25, -0.2) is 9.59 Å². The number of carbonyl (C=O) groups excluding carboxylic acids is 6. The molecule has 366 valence electrons. The second kappa shape index (κ2) is 26.1. The zero-order valence-electron chi connectivity index (χ0n) is 39.5. The third-order valence-electron chi connectivity index (χ3n) is 15.3. The maximum absolute atomic E-state index is 13.7. The predicted molar refractivity (Wildman–Crippen MR) is 248 cm³/mol. The van der Waals surface area contributed by atoms with Crippen molar-refractivity contribution in [1.29, 1.82) is 10.5 Å². The molecule has 1 aromatic carbocycles. The van der Waals surface area contributed by atoms with Crippen molar-refractivity contribution in [3.63, 3.8) is 0 Å². The van der Waals surface area contributed by atoms with E-state index in [-0.39, 0.29) is 79.2 Å². The van der Waals surface area contributed by atoms with Crippen molar-refractivity contribution < 1.29 is 57.2 Å². The third-order valence-corrected chi connectivity index (χ3v) is 15.3. The molecule has 0 spiro atoms. The van der Waals surface area contributed by atoms with Crippen LogP contribution in [0.3, 0.4) is 0 Å². The zero-order chi connectivity index (χ0) is 48.4. The van der Waals surface area contributed by atoms with Gasteiger partial charge in [0, 0.05) is 36.1 Å². The highest BCUT2D eigenvalue weighted by Gasteiger charge is 2.38. The van der Waals surface area contributed by atoms with Crippen LogP contribution in [-0.2, 0) is 60.6 Å². The Bertz CT molecular complexity index is 1950. The molecule has 0 amide bonds. The van der Waals surface area contributed by atoms with Gasteiger partial charge in [0.05, 0.1) is 50.1 Å². The van der Waals surface area contributed by atoms with Crippen molar-refractivity contribution in [1.82, 2.24) is 0 Å². The van der Waals surface area contributed by atoms with Crippen molar-refractivity contribution in [2.24, 2.45) is 47.3 Å². The fourth-order valence-corrected chi connectivity index (χ4v) is 11.2. The Morgan fingerprint density at radius 1 is 0.471 bits per heavy atom. The summed E-state index contributed by atoms with van der Waals surface area (Å²) in [5.74, 6) is 0.137. The highest BCUT2D eigenvalue weighted by molar-refractivity contribution is 5.81. The number of nitriles is 2. The van der Waals surface area contributed by atoms with Gasteiger partial charge >= 0.3 is 35.8 Å². The quantitative estimate of drug-likeness (QED) is 0.0298. The van der Waals surface area contributed by atoms with Gasteiger partial charge in [-0.1, -0.05) is 13.2 Å². The molecule has 0 saturated heterocycles. The van der Waals surface area contributed by atoms with E-state index in [1.54, 1.807) is 12.1 Å². The molecule has 4 saturated carbocycles. The normalized spacial score (nSPS) is 25.5. The lowest BCUT2D eigenvalue weighted by molar-refractivity contribution is -0.151. The summed E-state index contributed by atoms with van der Waals surface area (Å²) in [7, 11) is 0. The first-order valence-electron chi connectivity index (χ1n) is 25.0. The highest BCUT2D eigenvalue weighted by atomic mass is 16.6. The smallest absolute Gasteiger partial charge is 0.330 e. The maximum atomic E-state index is 13.7. The molecule has 68 heavy (non-hydrogen) atoms. The molecule has 5 aliphatic carbocycles. The SMILES string of the molecule is C=CC(=O)OCCCCOC(=O)C1CCC(C2CCC(C(=O)Oc3ccc(OC(=O)C4CCC(C5CCC(C(=O)OCCCCOC(=O)C=C)CC5)CC4)c4c3CC(=C(C#N)C#N)C4)CC2)CC1. The second-order valence-corrected chi connectivity index (χ2v) is 19.4. The molecule has 0 atom stereocenters. The van der Waals surface area contributed by atoms with Crippen LogP contribution < -0.4 is 9.47 Å². The van der Waals surface area contributed by atoms with Crippen LogP contribution in [-0.4, -0.2) is 62.2 Å². The third kappa shape index (κ3) is 14.4. The standard InChI is InChI=1S/C54H68N2O12/c1-3-49(57)63-27-5-7-29-65-51(59)39-17-9-35(10-18-39)37-13-21-41(22-14-37)53(61)67-47-25-26-48(46-32-43(31-45(46)47)44(33-55)34-56)68-54(62)42-23-15-38(16-24-42)36-11-19-40(20-12-36)52(60)66-30-8-6-28-64-50(58)4-2/h3-4,25-26,35-42H,1-2,5-24,27-32H2. The summed E-state index contributed by atoms with van der Waals surface area (Å²) >= 11 is 0. The number of benzene rings is 1. The van der Waals surface area contributed by atoms with E-state index in [0.29, 0.717) is 116 Å². The molecule has 5 aliphatic rings. The van der Waals surface area contributed by atoms with E-state index in [4.69, 9.17) is 28.4 Å². The van der Waals surface area contributed by atoms with Crippen LogP contribution in [0.15, 0.2) is 48.6 Å². The average Bonchev–Trinajstić information content (AvgIpc) is 3.83. The first-order valence-corrected chi connectivity index (χ1v) is 25.0. The lowest BCUT2D eigenvalue weighted by atomic mass is 9.69. The number of rotatable bonds is 20. The minimum Gasteiger partial charge on any atom is -0.465 e. The Labute approximate surface area is 400 Å². The van der Waals surface area contributed by atoms with Gasteiger partial charge in [-0.15, -0.1) is 0 Å². The van der Waals surface area contributed by atoms with Crippen LogP contribution >= 0.6 is 0 Å². The fraction of sp³-hybridized carbons (Fsp3) is 0.630. The molecule has 0 aliphatic heterocycles. The summed E-state index contributed by atoms with van der Waals surface area (Å²) in [6, 6.07) is 7.33. The summed E-state index contributed by atoms with van der Waals surface area (Å²) in [6.45, 7) is 7.90. The number of allylic oxidation sites excluding steroid dienone is 2. The Kier molecular flexibility index (Phi) is 19.8. The number of unbranched alkanes of at least 4 members (excludes halogenated alkanes) is 2. The van der Waals surface area contributed by atoms with Gasteiger partial charge < -0.3 is 28.4 Å².